The number of halogens is 4. The molecule has 0 aliphatic carbocycles. The summed E-state index contributed by atoms with van der Waals surface area (Å²) in [5.41, 5.74) is -0.611. The number of benzene rings is 1. The van der Waals surface area contributed by atoms with E-state index in [1.165, 1.54) is 0 Å². The molecule has 0 amide bonds. The van der Waals surface area contributed by atoms with Crippen molar-refractivity contribution < 1.29 is 27.3 Å². The second kappa shape index (κ2) is 5.03. The van der Waals surface area contributed by atoms with Crippen LogP contribution in [-0.4, -0.2) is 16.4 Å². The van der Waals surface area contributed by atoms with Crippen molar-refractivity contribution in [1.82, 2.24) is 0 Å². The van der Waals surface area contributed by atoms with Crippen molar-refractivity contribution in [2.45, 2.75) is 23.8 Å². The average molecular weight is 256 g/mol. The summed E-state index contributed by atoms with van der Waals surface area (Å²) < 4.78 is 48.8. The topological polar surface area (TPSA) is 40.5 Å². The fraction of sp³-hybridized carbons (Fsp3) is 0.333. The lowest BCUT2D eigenvalue weighted by atomic mass is 10.0. The third-order valence-corrected chi connectivity index (χ3v) is 2.41. The third-order valence-electron chi connectivity index (χ3n) is 1.98. The van der Waals surface area contributed by atoms with E-state index in [1.807, 2.05) is 0 Å². The minimum atomic E-state index is -4.81. The van der Waals surface area contributed by atoms with E-state index >= 15 is 0 Å². The Hall–Kier alpha value is -0.790. The predicted molar refractivity (Wildman–Crippen MR) is 50.3 cm³/mol. The SMILES string of the molecule is OCc1cc(SF)ccc1C(O)C(F)(F)F. The summed E-state index contributed by atoms with van der Waals surface area (Å²) in [5.74, 6) is 0. The van der Waals surface area contributed by atoms with Gasteiger partial charge in [-0.2, -0.15) is 17.1 Å². The minimum Gasteiger partial charge on any atom is -0.392 e. The summed E-state index contributed by atoms with van der Waals surface area (Å²) in [5, 5.41) is 17.8. The Kier molecular flexibility index (Phi) is 4.17. The van der Waals surface area contributed by atoms with Gasteiger partial charge in [-0.3, -0.25) is 0 Å². The monoisotopic (exact) mass is 256 g/mol. The molecule has 2 N–H and O–H groups in total. The average Bonchev–Trinajstić information content (AvgIpc) is 2.26. The first-order valence-corrected chi connectivity index (χ1v) is 4.89. The molecule has 0 aliphatic heterocycles. The molecule has 0 fully saturated rings. The van der Waals surface area contributed by atoms with Crippen LogP contribution in [0.4, 0.5) is 17.1 Å². The summed E-state index contributed by atoms with van der Waals surface area (Å²) in [6, 6.07) is 3.12. The van der Waals surface area contributed by atoms with Crippen LogP contribution in [0, 0.1) is 0 Å². The smallest absolute Gasteiger partial charge is 0.392 e. The van der Waals surface area contributed by atoms with E-state index < -0.39 is 24.5 Å². The first-order chi connectivity index (χ1) is 7.40. The first kappa shape index (κ1) is 13.3. The zero-order valence-corrected chi connectivity index (χ0v) is 8.65. The number of alkyl halides is 3. The van der Waals surface area contributed by atoms with Crippen LogP contribution in [-0.2, 0) is 6.61 Å². The van der Waals surface area contributed by atoms with Crippen molar-refractivity contribution in [2.24, 2.45) is 0 Å². The zero-order valence-electron chi connectivity index (χ0n) is 7.83. The van der Waals surface area contributed by atoms with Crippen LogP contribution in [0.25, 0.3) is 0 Å². The number of aliphatic hydroxyl groups is 2. The molecule has 0 spiro atoms. The highest BCUT2D eigenvalue weighted by atomic mass is 32.2. The lowest BCUT2D eigenvalue weighted by Crippen LogP contribution is -2.21. The van der Waals surface area contributed by atoms with Crippen LogP contribution >= 0.6 is 12.1 Å². The summed E-state index contributed by atoms with van der Waals surface area (Å²) in [6.45, 7) is -0.698. The molecular weight excluding hydrogens is 248 g/mol. The molecular formula is C9H8F4O2S. The summed E-state index contributed by atoms with van der Waals surface area (Å²) in [6.07, 6.45) is -7.48. The van der Waals surface area contributed by atoms with Crippen molar-refractivity contribution in [3.05, 3.63) is 29.3 Å². The fourth-order valence-corrected chi connectivity index (χ4v) is 1.52. The number of hydrogen-bond donors (Lipinski definition) is 2. The van der Waals surface area contributed by atoms with Crippen LogP contribution in [0.1, 0.15) is 17.2 Å². The second-order valence-corrected chi connectivity index (χ2v) is 3.67. The van der Waals surface area contributed by atoms with E-state index in [1.54, 1.807) is 0 Å². The molecule has 0 saturated heterocycles. The number of rotatable bonds is 3. The minimum absolute atomic E-state index is 0.0715. The van der Waals surface area contributed by atoms with Gasteiger partial charge in [0, 0.05) is 4.90 Å². The van der Waals surface area contributed by atoms with Gasteiger partial charge in [0.25, 0.3) is 0 Å². The zero-order chi connectivity index (χ0) is 12.3. The van der Waals surface area contributed by atoms with Gasteiger partial charge in [0.05, 0.1) is 18.8 Å². The molecule has 0 aliphatic rings. The number of hydrogen-bond acceptors (Lipinski definition) is 3. The van der Waals surface area contributed by atoms with Crippen LogP contribution in [0.15, 0.2) is 23.1 Å². The Morgan fingerprint density at radius 1 is 1.31 bits per heavy atom. The molecule has 0 radical (unpaired) electrons. The Morgan fingerprint density at radius 3 is 2.38 bits per heavy atom. The van der Waals surface area contributed by atoms with Crippen molar-refractivity contribution in [3.8, 4) is 0 Å². The summed E-state index contributed by atoms with van der Waals surface area (Å²) >= 11 is -0.148. The van der Waals surface area contributed by atoms with Gasteiger partial charge in [0.2, 0.25) is 0 Å². The van der Waals surface area contributed by atoms with Gasteiger partial charge < -0.3 is 10.2 Å². The van der Waals surface area contributed by atoms with Crippen molar-refractivity contribution >= 4 is 12.1 Å². The highest BCUT2D eigenvalue weighted by Crippen LogP contribution is 2.35. The maximum absolute atomic E-state index is 12.2. The number of aliphatic hydroxyl groups excluding tert-OH is 2. The Labute approximate surface area is 93.2 Å². The highest BCUT2D eigenvalue weighted by molar-refractivity contribution is 7.94. The maximum Gasteiger partial charge on any atom is 0.418 e. The molecule has 1 atom stereocenters. The van der Waals surface area contributed by atoms with E-state index in [2.05, 4.69) is 0 Å². The third kappa shape index (κ3) is 2.87. The van der Waals surface area contributed by atoms with Gasteiger partial charge in [-0.05, 0) is 23.3 Å². The lowest BCUT2D eigenvalue weighted by Gasteiger charge is -2.17. The van der Waals surface area contributed by atoms with Gasteiger partial charge in [0.1, 0.15) is 0 Å². The molecule has 1 aromatic carbocycles. The van der Waals surface area contributed by atoms with E-state index in [-0.39, 0.29) is 22.6 Å². The van der Waals surface area contributed by atoms with Crippen LogP contribution < -0.4 is 0 Å². The second-order valence-electron chi connectivity index (χ2n) is 3.04. The van der Waals surface area contributed by atoms with Crippen molar-refractivity contribution in [3.63, 3.8) is 0 Å². The highest BCUT2D eigenvalue weighted by Gasteiger charge is 2.40. The standard InChI is InChI=1S/C9H8F4O2S/c10-9(11,12)8(15)7-2-1-6(16-13)3-5(7)4-14/h1-3,8,14-15H,4H2. The van der Waals surface area contributed by atoms with E-state index in [9.17, 15) is 17.1 Å². The molecule has 1 unspecified atom stereocenters. The molecule has 0 saturated carbocycles. The fourth-order valence-electron chi connectivity index (χ4n) is 1.21. The lowest BCUT2D eigenvalue weighted by molar-refractivity contribution is -0.207. The van der Waals surface area contributed by atoms with Gasteiger partial charge in [-0.1, -0.05) is 6.07 Å². The Bertz CT molecular complexity index is 367. The van der Waals surface area contributed by atoms with Gasteiger partial charge in [0.15, 0.2) is 6.10 Å². The van der Waals surface area contributed by atoms with Crippen LogP contribution in [0.5, 0.6) is 0 Å². The van der Waals surface area contributed by atoms with Gasteiger partial charge >= 0.3 is 6.18 Å². The maximum atomic E-state index is 12.2. The van der Waals surface area contributed by atoms with Crippen molar-refractivity contribution in [2.75, 3.05) is 0 Å². The van der Waals surface area contributed by atoms with E-state index in [0.29, 0.717) is 0 Å². The molecule has 7 heteroatoms. The van der Waals surface area contributed by atoms with Crippen LogP contribution in [0.3, 0.4) is 0 Å². The first-order valence-electron chi connectivity index (χ1n) is 4.17. The normalized spacial score (nSPS) is 13.9. The molecule has 0 bridgehead atoms. The van der Waals surface area contributed by atoms with Crippen LogP contribution in [0.2, 0.25) is 0 Å². The Morgan fingerprint density at radius 2 is 1.94 bits per heavy atom. The molecule has 1 rings (SSSR count). The molecule has 0 aromatic heterocycles. The summed E-state index contributed by atoms with van der Waals surface area (Å²) in [4.78, 5) is 0.0715. The molecule has 16 heavy (non-hydrogen) atoms. The van der Waals surface area contributed by atoms with E-state index in [4.69, 9.17) is 10.2 Å². The Balaban J connectivity index is 3.14. The van der Waals surface area contributed by atoms with Gasteiger partial charge in [-0.25, -0.2) is 0 Å². The predicted octanol–water partition coefficient (Wildman–Crippen LogP) is 2.75. The molecule has 0 heterocycles. The van der Waals surface area contributed by atoms with Gasteiger partial charge in [-0.15, -0.1) is 0 Å². The van der Waals surface area contributed by atoms with Crippen molar-refractivity contribution in [1.29, 1.82) is 0 Å². The quantitative estimate of drug-likeness (QED) is 0.817. The molecule has 1 aromatic rings. The summed E-state index contributed by atoms with van der Waals surface area (Å²) in [7, 11) is 0. The molecule has 2 nitrogen and oxygen atoms in total. The molecule has 90 valence electrons. The van der Waals surface area contributed by atoms with E-state index in [0.717, 1.165) is 18.2 Å². The largest absolute Gasteiger partial charge is 0.418 e.